The molecule has 0 fully saturated rings. The first-order valence-corrected chi connectivity index (χ1v) is 8.23. The average Bonchev–Trinajstić information content (AvgIpc) is 2.30. The SMILES string of the molecule is CC(C)(CCBr)CNC(=O)c1ccc(I)c(Cl)c1. The predicted molar refractivity (Wildman–Crippen MR) is 88.7 cm³/mol. The molecule has 0 saturated heterocycles. The smallest absolute Gasteiger partial charge is 0.251 e. The Labute approximate surface area is 135 Å². The summed E-state index contributed by atoms with van der Waals surface area (Å²) in [7, 11) is 0. The summed E-state index contributed by atoms with van der Waals surface area (Å²) in [5, 5.41) is 4.50. The normalized spacial score (nSPS) is 11.4. The van der Waals surface area contributed by atoms with Crippen LogP contribution in [0.4, 0.5) is 0 Å². The lowest BCUT2D eigenvalue weighted by Gasteiger charge is -2.23. The van der Waals surface area contributed by atoms with Crippen LogP contribution >= 0.6 is 50.1 Å². The first kappa shape index (κ1) is 16.2. The fourth-order valence-electron chi connectivity index (χ4n) is 1.40. The number of hydrogen-bond donors (Lipinski definition) is 1. The Morgan fingerprint density at radius 1 is 1.50 bits per heavy atom. The second-order valence-electron chi connectivity index (χ2n) is 4.91. The zero-order chi connectivity index (χ0) is 13.8. The van der Waals surface area contributed by atoms with Crippen molar-refractivity contribution in [2.45, 2.75) is 20.3 Å². The van der Waals surface area contributed by atoms with E-state index in [-0.39, 0.29) is 11.3 Å². The Morgan fingerprint density at radius 3 is 2.72 bits per heavy atom. The summed E-state index contributed by atoms with van der Waals surface area (Å²) in [6.45, 7) is 4.92. The molecule has 2 nitrogen and oxygen atoms in total. The number of halogens is 3. The molecule has 0 unspecified atom stereocenters. The molecule has 0 bridgehead atoms. The van der Waals surface area contributed by atoms with Gasteiger partial charge in [0.1, 0.15) is 0 Å². The van der Waals surface area contributed by atoms with Crippen molar-refractivity contribution < 1.29 is 4.79 Å². The van der Waals surface area contributed by atoms with Crippen LogP contribution in [0, 0.1) is 8.99 Å². The van der Waals surface area contributed by atoms with E-state index in [0.717, 1.165) is 15.3 Å². The monoisotopic (exact) mass is 443 g/mol. The van der Waals surface area contributed by atoms with E-state index in [9.17, 15) is 4.79 Å². The number of amides is 1. The zero-order valence-corrected chi connectivity index (χ0v) is 14.9. The van der Waals surface area contributed by atoms with Gasteiger partial charge in [-0.25, -0.2) is 0 Å². The van der Waals surface area contributed by atoms with Crippen LogP contribution in [0.1, 0.15) is 30.6 Å². The molecule has 1 aromatic rings. The Kier molecular flexibility index (Phi) is 6.41. The summed E-state index contributed by atoms with van der Waals surface area (Å²) < 4.78 is 0.949. The van der Waals surface area contributed by atoms with Crippen LogP contribution in [0.3, 0.4) is 0 Å². The van der Waals surface area contributed by atoms with Gasteiger partial charge in [0.15, 0.2) is 0 Å². The molecule has 0 atom stereocenters. The van der Waals surface area contributed by atoms with Gasteiger partial charge in [-0.3, -0.25) is 4.79 Å². The second kappa shape index (κ2) is 7.10. The highest BCUT2D eigenvalue weighted by Crippen LogP contribution is 2.21. The third kappa shape index (κ3) is 5.05. The maximum atomic E-state index is 12.0. The van der Waals surface area contributed by atoms with E-state index in [2.05, 4.69) is 57.7 Å². The highest BCUT2D eigenvalue weighted by molar-refractivity contribution is 14.1. The van der Waals surface area contributed by atoms with Crippen LogP contribution in [-0.4, -0.2) is 17.8 Å². The fourth-order valence-corrected chi connectivity index (χ4v) is 2.99. The van der Waals surface area contributed by atoms with Gasteiger partial charge in [0.2, 0.25) is 0 Å². The van der Waals surface area contributed by atoms with Gasteiger partial charge in [-0.05, 0) is 52.6 Å². The number of carbonyl (C=O) groups is 1. The van der Waals surface area contributed by atoms with Crippen LogP contribution in [0.25, 0.3) is 0 Å². The van der Waals surface area contributed by atoms with E-state index in [1.165, 1.54) is 0 Å². The molecule has 100 valence electrons. The van der Waals surface area contributed by atoms with E-state index >= 15 is 0 Å². The van der Waals surface area contributed by atoms with Gasteiger partial charge < -0.3 is 5.32 Å². The third-order valence-corrected chi connectivity index (χ3v) is 4.65. The first-order valence-electron chi connectivity index (χ1n) is 5.65. The number of rotatable bonds is 5. The number of benzene rings is 1. The van der Waals surface area contributed by atoms with Crippen LogP contribution in [0.15, 0.2) is 18.2 Å². The Hall–Kier alpha value is 0.190. The molecule has 0 radical (unpaired) electrons. The van der Waals surface area contributed by atoms with Crippen LogP contribution in [-0.2, 0) is 0 Å². The molecule has 1 amide bonds. The number of carbonyl (C=O) groups excluding carboxylic acids is 1. The zero-order valence-electron chi connectivity index (χ0n) is 10.4. The summed E-state index contributed by atoms with van der Waals surface area (Å²) in [6, 6.07) is 5.35. The molecule has 0 aliphatic carbocycles. The summed E-state index contributed by atoms with van der Waals surface area (Å²) >= 11 is 11.6. The molecule has 1 rings (SSSR count). The average molecular weight is 445 g/mol. The van der Waals surface area contributed by atoms with Gasteiger partial charge in [0, 0.05) is 21.0 Å². The molecular formula is C13H16BrClINO. The summed E-state index contributed by atoms with van der Waals surface area (Å²) in [5.74, 6) is -0.0732. The van der Waals surface area contributed by atoms with Gasteiger partial charge in [0.05, 0.1) is 5.02 Å². The molecule has 5 heteroatoms. The Morgan fingerprint density at radius 2 is 2.17 bits per heavy atom. The molecule has 0 aliphatic heterocycles. The lowest BCUT2D eigenvalue weighted by molar-refractivity contribution is 0.0936. The van der Waals surface area contributed by atoms with Crippen molar-refractivity contribution >= 4 is 56.0 Å². The fraction of sp³-hybridized carbons (Fsp3) is 0.462. The first-order chi connectivity index (χ1) is 8.35. The van der Waals surface area contributed by atoms with Gasteiger partial charge in [-0.1, -0.05) is 41.4 Å². The van der Waals surface area contributed by atoms with Crippen molar-refractivity contribution in [2.75, 3.05) is 11.9 Å². The topological polar surface area (TPSA) is 29.1 Å². The highest BCUT2D eigenvalue weighted by atomic mass is 127. The minimum atomic E-state index is -0.0732. The molecule has 1 N–H and O–H groups in total. The highest BCUT2D eigenvalue weighted by Gasteiger charge is 2.18. The van der Waals surface area contributed by atoms with Crippen molar-refractivity contribution in [1.82, 2.24) is 5.32 Å². The van der Waals surface area contributed by atoms with E-state index < -0.39 is 0 Å². The van der Waals surface area contributed by atoms with Gasteiger partial charge in [0.25, 0.3) is 5.91 Å². The molecule has 0 aliphatic rings. The van der Waals surface area contributed by atoms with Gasteiger partial charge >= 0.3 is 0 Å². The van der Waals surface area contributed by atoms with Crippen molar-refractivity contribution in [1.29, 1.82) is 0 Å². The van der Waals surface area contributed by atoms with Crippen LogP contribution in [0.2, 0.25) is 5.02 Å². The molecule has 18 heavy (non-hydrogen) atoms. The number of hydrogen-bond acceptors (Lipinski definition) is 1. The summed E-state index contributed by atoms with van der Waals surface area (Å²) in [4.78, 5) is 12.0. The summed E-state index contributed by atoms with van der Waals surface area (Å²) in [6.07, 6.45) is 1.01. The maximum Gasteiger partial charge on any atom is 0.251 e. The summed E-state index contributed by atoms with van der Waals surface area (Å²) in [5.41, 5.74) is 0.696. The van der Waals surface area contributed by atoms with E-state index in [0.29, 0.717) is 17.1 Å². The predicted octanol–water partition coefficient (Wildman–Crippen LogP) is 4.49. The number of alkyl halides is 1. The lowest BCUT2D eigenvalue weighted by Crippen LogP contribution is -2.34. The largest absolute Gasteiger partial charge is 0.352 e. The molecule has 0 spiro atoms. The number of nitrogens with one attached hydrogen (secondary N) is 1. The van der Waals surface area contributed by atoms with E-state index in [1.54, 1.807) is 12.1 Å². The molecule has 1 aromatic carbocycles. The standard InChI is InChI=1S/C13H16BrClINO/c1-13(2,5-6-14)8-17-12(18)9-3-4-11(16)10(15)7-9/h3-4,7H,5-6,8H2,1-2H3,(H,17,18). The van der Waals surface area contributed by atoms with Crippen LogP contribution < -0.4 is 5.32 Å². The van der Waals surface area contributed by atoms with Crippen molar-refractivity contribution in [3.63, 3.8) is 0 Å². The molecule has 0 aromatic heterocycles. The lowest BCUT2D eigenvalue weighted by atomic mass is 9.90. The minimum absolute atomic E-state index is 0.0732. The van der Waals surface area contributed by atoms with E-state index in [4.69, 9.17) is 11.6 Å². The van der Waals surface area contributed by atoms with Gasteiger partial charge in [-0.2, -0.15) is 0 Å². The van der Waals surface area contributed by atoms with Gasteiger partial charge in [-0.15, -0.1) is 0 Å². The van der Waals surface area contributed by atoms with Crippen molar-refractivity contribution in [3.8, 4) is 0 Å². The van der Waals surface area contributed by atoms with E-state index in [1.807, 2.05) is 6.07 Å². The molecular weight excluding hydrogens is 428 g/mol. The molecule has 0 saturated carbocycles. The van der Waals surface area contributed by atoms with Crippen LogP contribution in [0.5, 0.6) is 0 Å². The maximum absolute atomic E-state index is 12.0. The van der Waals surface area contributed by atoms with Crippen molar-refractivity contribution in [3.05, 3.63) is 32.4 Å². The Balaban J connectivity index is 2.63. The quantitative estimate of drug-likeness (QED) is 0.526. The van der Waals surface area contributed by atoms with Crippen molar-refractivity contribution in [2.24, 2.45) is 5.41 Å². The minimum Gasteiger partial charge on any atom is -0.352 e. The second-order valence-corrected chi connectivity index (χ2v) is 7.28. The molecule has 0 heterocycles. The Bertz CT molecular complexity index is 437. The third-order valence-electron chi connectivity index (χ3n) is 2.68.